The van der Waals surface area contributed by atoms with Gasteiger partial charge in [-0.25, -0.2) is 0 Å². The van der Waals surface area contributed by atoms with Gasteiger partial charge in [0.05, 0.1) is 0 Å². The Morgan fingerprint density at radius 3 is 2.75 bits per heavy atom. The Kier molecular flexibility index (Phi) is 4.91. The molecule has 0 bridgehead atoms. The number of rotatable bonds is 5. The molecule has 0 saturated heterocycles. The van der Waals surface area contributed by atoms with Gasteiger partial charge in [0.25, 0.3) is 11.4 Å². The smallest absolute Gasteiger partial charge is 0.263 e. The first-order valence-corrected chi connectivity index (χ1v) is 9.87. The Balaban J connectivity index is 1.36. The molecular formula is C23H18N4O5. The molecule has 160 valence electrons. The van der Waals surface area contributed by atoms with Crippen LogP contribution >= 0.6 is 0 Å². The molecular weight excluding hydrogens is 412 g/mol. The van der Waals surface area contributed by atoms with Crippen LogP contribution in [0.5, 0.6) is 11.5 Å². The first-order valence-electron chi connectivity index (χ1n) is 9.87. The molecule has 2 aromatic carbocycles. The number of hydrogen-bond acceptors (Lipinski definition) is 7. The number of hydrogen-bond donors (Lipinski definition) is 1. The second-order valence-electron chi connectivity index (χ2n) is 7.21. The van der Waals surface area contributed by atoms with Crippen molar-refractivity contribution in [3.63, 3.8) is 0 Å². The SMILES string of the molecule is Cc1ccccc1-c1noc(-c2cccn(CC(=O)Nc3ccc4c(c3)OCO4)c2=O)n1. The van der Waals surface area contributed by atoms with Gasteiger partial charge in [-0.05, 0) is 36.8 Å². The molecule has 1 amide bonds. The monoisotopic (exact) mass is 430 g/mol. The molecule has 5 rings (SSSR count). The Labute approximate surface area is 182 Å². The lowest BCUT2D eigenvalue weighted by Crippen LogP contribution is -2.28. The zero-order valence-electron chi connectivity index (χ0n) is 17.1. The maximum atomic E-state index is 12.9. The number of amides is 1. The lowest BCUT2D eigenvalue weighted by molar-refractivity contribution is -0.116. The molecule has 3 heterocycles. The van der Waals surface area contributed by atoms with E-state index in [0.29, 0.717) is 23.0 Å². The zero-order valence-corrected chi connectivity index (χ0v) is 17.1. The van der Waals surface area contributed by atoms with Crippen molar-refractivity contribution in [3.05, 3.63) is 76.7 Å². The number of benzene rings is 2. The summed E-state index contributed by atoms with van der Waals surface area (Å²) in [4.78, 5) is 29.8. The molecule has 0 unspecified atom stereocenters. The number of pyridine rings is 1. The van der Waals surface area contributed by atoms with Crippen LogP contribution in [0.25, 0.3) is 22.8 Å². The van der Waals surface area contributed by atoms with Crippen molar-refractivity contribution in [2.24, 2.45) is 0 Å². The van der Waals surface area contributed by atoms with Crippen molar-refractivity contribution in [1.82, 2.24) is 14.7 Å². The third-order valence-corrected chi connectivity index (χ3v) is 5.03. The first-order chi connectivity index (χ1) is 15.6. The molecule has 1 N–H and O–H groups in total. The third-order valence-electron chi connectivity index (χ3n) is 5.03. The van der Waals surface area contributed by atoms with Gasteiger partial charge in [0, 0.05) is 23.5 Å². The molecule has 0 radical (unpaired) electrons. The van der Waals surface area contributed by atoms with E-state index in [4.69, 9.17) is 14.0 Å². The predicted octanol–water partition coefficient (Wildman–Crippen LogP) is 3.24. The van der Waals surface area contributed by atoms with E-state index in [1.807, 2.05) is 31.2 Å². The summed E-state index contributed by atoms with van der Waals surface area (Å²) in [6.07, 6.45) is 1.53. The van der Waals surface area contributed by atoms with E-state index >= 15 is 0 Å². The summed E-state index contributed by atoms with van der Waals surface area (Å²) >= 11 is 0. The summed E-state index contributed by atoms with van der Waals surface area (Å²) < 4.78 is 17.2. The van der Waals surface area contributed by atoms with Gasteiger partial charge in [0.2, 0.25) is 18.5 Å². The first kappa shape index (κ1) is 19.6. The van der Waals surface area contributed by atoms with Crippen LogP contribution in [0.1, 0.15) is 5.56 Å². The molecule has 0 fully saturated rings. The number of fused-ring (bicyclic) bond motifs is 1. The highest BCUT2D eigenvalue weighted by Gasteiger charge is 2.18. The van der Waals surface area contributed by atoms with E-state index in [-0.39, 0.29) is 30.7 Å². The highest BCUT2D eigenvalue weighted by Crippen LogP contribution is 2.34. The topological polar surface area (TPSA) is 108 Å². The van der Waals surface area contributed by atoms with Gasteiger partial charge in [-0.3, -0.25) is 9.59 Å². The van der Waals surface area contributed by atoms with Crippen molar-refractivity contribution < 1.29 is 18.8 Å². The number of nitrogens with zero attached hydrogens (tertiary/aromatic N) is 3. The lowest BCUT2D eigenvalue weighted by Gasteiger charge is -2.08. The molecule has 0 aliphatic carbocycles. The Morgan fingerprint density at radius 2 is 1.88 bits per heavy atom. The van der Waals surface area contributed by atoms with Gasteiger partial charge in [0.15, 0.2) is 11.5 Å². The van der Waals surface area contributed by atoms with Gasteiger partial charge in [-0.15, -0.1) is 0 Å². The molecule has 4 aromatic rings. The molecule has 32 heavy (non-hydrogen) atoms. The van der Waals surface area contributed by atoms with Crippen LogP contribution < -0.4 is 20.3 Å². The van der Waals surface area contributed by atoms with Gasteiger partial charge >= 0.3 is 0 Å². The standard InChI is InChI=1S/C23H18N4O5/c1-14-5-2-3-6-16(14)21-25-22(32-26-21)17-7-4-10-27(23(17)29)12-20(28)24-15-8-9-18-19(11-15)31-13-30-18/h2-11H,12-13H2,1H3,(H,24,28). The average Bonchev–Trinajstić information content (AvgIpc) is 3.45. The molecule has 9 nitrogen and oxygen atoms in total. The van der Waals surface area contributed by atoms with Crippen LogP contribution in [0.15, 0.2) is 70.1 Å². The zero-order chi connectivity index (χ0) is 22.1. The fourth-order valence-corrected chi connectivity index (χ4v) is 3.42. The number of anilines is 1. The van der Waals surface area contributed by atoms with Crippen LogP contribution in [0.4, 0.5) is 5.69 Å². The predicted molar refractivity (Wildman–Crippen MR) is 115 cm³/mol. The number of aryl methyl sites for hydroxylation is 1. The quantitative estimate of drug-likeness (QED) is 0.518. The molecule has 1 aliphatic rings. The van der Waals surface area contributed by atoms with Crippen molar-refractivity contribution in [3.8, 4) is 34.3 Å². The van der Waals surface area contributed by atoms with Crippen LogP contribution in [-0.4, -0.2) is 27.4 Å². The van der Waals surface area contributed by atoms with Crippen molar-refractivity contribution in [2.45, 2.75) is 13.5 Å². The Hall–Kier alpha value is -4.40. The van der Waals surface area contributed by atoms with Gasteiger partial charge in [-0.1, -0.05) is 29.4 Å². The van der Waals surface area contributed by atoms with Crippen molar-refractivity contribution in [2.75, 3.05) is 12.1 Å². The van der Waals surface area contributed by atoms with Gasteiger partial charge in [-0.2, -0.15) is 4.98 Å². The maximum Gasteiger partial charge on any atom is 0.263 e. The van der Waals surface area contributed by atoms with Crippen LogP contribution in [0.2, 0.25) is 0 Å². The van der Waals surface area contributed by atoms with E-state index in [1.165, 1.54) is 10.8 Å². The van der Waals surface area contributed by atoms with E-state index in [1.54, 1.807) is 30.3 Å². The molecule has 0 spiro atoms. The number of carbonyl (C=O) groups is 1. The molecule has 0 atom stereocenters. The van der Waals surface area contributed by atoms with Gasteiger partial charge in [0.1, 0.15) is 12.1 Å². The minimum Gasteiger partial charge on any atom is -0.454 e. The minimum atomic E-state index is -0.409. The summed E-state index contributed by atoms with van der Waals surface area (Å²) in [5.41, 5.74) is 2.17. The third kappa shape index (κ3) is 3.71. The van der Waals surface area contributed by atoms with E-state index in [9.17, 15) is 9.59 Å². The lowest BCUT2D eigenvalue weighted by atomic mass is 10.1. The summed E-state index contributed by atoms with van der Waals surface area (Å²) in [7, 11) is 0. The summed E-state index contributed by atoms with van der Waals surface area (Å²) in [6.45, 7) is 1.91. The molecule has 2 aromatic heterocycles. The highest BCUT2D eigenvalue weighted by molar-refractivity contribution is 5.91. The van der Waals surface area contributed by atoms with Crippen LogP contribution in [0.3, 0.4) is 0 Å². The fraction of sp³-hybridized carbons (Fsp3) is 0.130. The van der Waals surface area contributed by atoms with Crippen molar-refractivity contribution in [1.29, 1.82) is 0 Å². The molecule has 9 heteroatoms. The number of ether oxygens (including phenoxy) is 2. The van der Waals surface area contributed by atoms with Crippen LogP contribution in [-0.2, 0) is 11.3 Å². The van der Waals surface area contributed by atoms with Crippen molar-refractivity contribution >= 4 is 11.6 Å². The average molecular weight is 430 g/mol. The van der Waals surface area contributed by atoms with Crippen LogP contribution in [0, 0.1) is 6.92 Å². The van der Waals surface area contributed by atoms with Gasteiger partial charge < -0.3 is 23.9 Å². The minimum absolute atomic E-state index is 0.0961. The summed E-state index contributed by atoms with van der Waals surface area (Å²) in [6, 6.07) is 16.0. The number of carbonyl (C=O) groups excluding carboxylic acids is 1. The molecule has 1 aliphatic heterocycles. The molecule has 0 saturated carbocycles. The van der Waals surface area contributed by atoms with E-state index < -0.39 is 5.56 Å². The second-order valence-corrected chi connectivity index (χ2v) is 7.21. The summed E-state index contributed by atoms with van der Waals surface area (Å²) in [5.74, 6) is 1.31. The van der Waals surface area contributed by atoms with E-state index in [2.05, 4.69) is 15.5 Å². The normalized spacial score (nSPS) is 12.0. The summed E-state index contributed by atoms with van der Waals surface area (Å²) in [5, 5.41) is 6.76. The Bertz CT molecular complexity index is 1370. The number of nitrogens with one attached hydrogen (secondary N) is 1. The number of aromatic nitrogens is 3. The largest absolute Gasteiger partial charge is 0.454 e. The highest BCUT2D eigenvalue weighted by atomic mass is 16.7. The maximum absolute atomic E-state index is 12.9. The van der Waals surface area contributed by atoms with E-state index in [0.717, 1.165) is 11.1 Å². The Morgan fingerprint density at radius 1 is 1.06 bits per heavy atom. The fourth-order valence-electron chi connectivity index (χ4n) is 3.42. The second kappa shape index (κ2) is 8.03.